The first-order chi connectivity index (χ1) is 8.09. The van der Waals surface area contributed by atoms with Gasteiger partial charge in [-0.15, -0.1) is 0 Å². The van der Waals surface area contributed by atoms with E-state index < -0.39 is 0 Å². The van der Waals surface area contributed by atoms with Crippen molar-refractivity contribution in [1.29, 1.82) is 0 Å². The molecule has 0 aliphatic rings. The fourth-order valence-corrected chi connectivity index (χ4v) is 1.96. The van der Waals surface area contributed by atoms with Crippen LogP contribution in [-0.2, 0) is 0 Å². The number of aromatic nitrogens is 2. The van der Waals surface area contributed by atoms with Crippen molar-refractivity contribution in [1.82, 2.24) is 9.97 Å². The molecule has 88 valence electrons. The molecule has 0 saturated carbocycles. The maximum absolute atomic E-state index is 12.8. The summed E-state index contributed by atoms with van der Waals surface area (Å²) in [6, 6.07) is 6.11. The van der Waals surface area contributed by atoms with Gasteiger partial charge in [0.2, 0.25) is 0 Å². The lowest BCUT2D eigenvalue weighted by molar-refractivity contribution is 0.628. The van der Waals surface area contributed by atoms with E-state index >= 15 is 0 Å². The number of anilines is 2. The molecule has 0 spiro atoms. The zero-order valence-corrected chi connectivity index (χ0v) is 11.2. The van der Waals surface area contributed by atoms with E-state index in [0.29, 0.717) is 15.4 Å². The molecule has 0 N–H and O–H groups in total. The van der Waals surface area contributed by atoms with E-state index in [4.69, 9.17) is 11.6 Å². The average Bonchev–Trinajstić information content (AvgIpc) is 2.33. The summed E-state index contributed by atoms with van der Waals surface area (Å²) in [6.45, 7) is 0. The predicted octanol–water partition coefficient (Wildman–Crippen LogP) is 3.80. The van der Waals surface area contributed by atoms with Crippen LogP contribution in [0, 0.1) is 5.82 Å². The van der Waals surface area contributed by atoms with E-state index in [-0.39, 0.29) is 5.82 Å². The van der Waals surface area contributed by atoms with Crippen LogP contribution in [-0.4, -0.2) is 17.0 Å². The summed E-state index contributed by atoms with van der Waals surface area (Å²) in [6.07, 6.45) is 1.38. The van der Waals surface area contributed by atoms with Crippen LogP contribution in [0.4, 0.5) is 15.9 Å². The Kier molecular flexibility index (Phi) is 3.59. The van der Waals surface area contributed by atoms with Gasteiger partial charge in [0.25, 0.3) is 0 Å². The summed E-state index contributed by atoms with van der Waals surface area (Å²) in [5, 5.41) is 0.337. The number of benzene rings is 1. The zero-order valence-electron chi connectivity index (χ0n) is 8.86. The van der Waals surface area contributed by atoms with Crippen molar-refractivity contribution >= 4 is 39.0 Å². The quantitative estimate of drug-likeness (QED) is 0.789. The van der Waals surface area contributed by atoms with E-state index in [1.165, 1.54) is 18.5 Å². The van der Waals surface area contributed by atoms with Gasteiger partial charge in [-0.1, -0.05) is 11.6 Å². The number of nitrogens with zero attached hydrogens (tertiary/aromatic N) is 3. The van der Waals surface area contributed by atoms with E-state index in [1.54, 1.807) is 17.0 Å². The Balaban J connectivity index is 2.40. The number of halogens is 3. The Labute approximate surface area is 111 Å². The Morgan fingerprint density at radius 1 is 1.24 bits per heavy atom. The maximum atomic E-state index is 12.8. The molecule has 0 unspecified atom stereocenters. The molecule has 0 aliphatic carbocycles. The molecular formula is C11H8BrClFN3. The van der Waals surface area contributed by atoms with Crippen LogP contribution in [0.5, 0.6) is 0 Å². The van der Waals surface area contributed by atoms with Crippen molar-refractivity contribution in [3.8, 4) is 0 Å². The zero-order chi connectivity index (χ0) is 12.4. The molecule has 6 heteroatoms. The van der Waals surface area contributed by atoms with Crippen molar-refractivity contribution in [3.05, 3.63) is 46.0 Å². The molecule has 1 heterocycles. The molecule has 1 aromatic heterocycles. The van der Waals surface area contributed by atoms with Gasteiger partial charge in [-0.2, -0.15) is 0 Å². The summed E-state index contributed by atoms with van der Waals surface area (Å²) in [7, 11) is 1.82. The van der Waals surface area contributed by atoms with E-state index in [9.17, 15) is 4.39 Å². The van der Waals surface area contributed by atoms with Crippen molar-refractivity contribution in [3.63, 3.8) is 0 Å². The van der Waals surface area contributed by atoms with Gasteiger partial charge < -0.3 is 4.90 Å². The first kappa shape index (κ1) is 12.3. The fraction of sp³-hybridized carbons (Fsp3) is 0.0909. The summed E-state index contributed by atoms with van der Waals surface area (Å²) in [4.78, 5) is 9.77. The average molecular weight is 317 g/mol. The molecule has 2 rings (SSSR count). The highest BCUT2D eigenvalue weighted by Gasteiger charge is 2.12. The minimum absolute atomic E-state index is 0.276. The van der Waals surface area contributed by atoms with E-state index in [1.807, 2.05) is 7.05 Å². The molecule has 0 aliphatic heterocycles. The highest BCUT2D eigenvalue weighted by Crippen LogP contribution is 2.32. The predicted molar refractivity (Wildman–Crippen MR) is 69.2 cm³/mol. The molecule has 0 fully saturated rings. The van der Waals surface area contributed by atoms with Crippen LogP contribution in [0.3, 0.4) is 0 Å². The lowest BCUT2D eigenvalue weighted by Gasteiger charge is -2.19. The normalized spacial score (nSPS) is 10.4. The lowest BCUT2D eigenvalue weighted by Crippen LogP contribution is -2.12. The third-order valence-corrected chi connectivity index (χ3v) is 3.51. The molecule has 1 aromatic carbocycles. The molecule has 0 saturated heterocycles. The molecule has 3 nitrogen and oxygen atoms in total. The van der Waals surface area contributed by atoms with Crippen LogP contribution in [0.25, 0.3) is 0 Å². The molecule has 0 amide bonds. The van der Waals surface area contributed by atoms with Crippen LogP contribution in [0.15, 0.2) is 35.1 Å². The largest absolute Gasteiger partial charge is 0.328 e. The Bertz CT molecular complexity index is 533. The number of rotatable bonds is 2. The second kappa shape index (κ2) is 4.98. The van der Waals surface area contributed by atoms with Crippen LogP contribution in [0.2, 0.25) is 5.15 Å². The van der Waals surface area contributed by atoms with Gasteiger partial charge in [0.05, 0.1) is 4.47 Å². The van der Waals surface area contributed by atoms with Gasteiger partial charge in [-0.25, -0.2) is 14.4 Å². The maximum Gasteiger partial charge on any atom is 0.152 e. The highest BCUT2D eigenvalue weighted by molar-refractivity contribution is 9.10. The fourth-order valence-electron chi connectivity index (χ4n) is 1.36. The summed E-state index contributed by atoms with van der Waals surface area (Å²) in [5.41, 5.74) is 0.807. The minimum Gasteiger partial charge on any atom is -0.328 e. The van der Waals surface area contributed by atoms with Crippen molar-refractivity contribution in [2.45, 2.75) is 0 Å². The van der Waals surface area contributed by atoms with Crippen LogP contribution in [0.1, 0.15) is 0 Å². The first-order valence-electron chi connectivity index (χ1n) is 4.75. The Morgan fingerprint density at radius 3 is 2.53 bits per heavy atom. The molecular weight excluding hydrogens is 308 g/mol. The van der Waals surface area contributed by atoms with Gasteiger partial charge >= 0.3 is 0 Å². The second-order valence-corrected chi connectivity index (χ2v) is 4.49. The Hall–Kier alpha value is -1.20. The summed E-state index contributed by atoms with van der Waals surface area (Å²) in [5.74, 6) is 0.346. The second-order valence-electron chi connectivity index (χ2n) is 3.34. The van der Waals surface area contributed by atoms with Crippen LogP contribution >= 0.6 is 27.5 Å². The minimum atomic E-state index is -0.276. The SMILES string of the molecule is CN(c1ccc(F)cc1)c1ncnc(Cl)c1Br. The molecule has 2 aromatic rings. The number of hydrogen-bond donors (Lipinski definition) is 0. The summed E-state index contributed by atoms with van der Waals surface area (Å²) < 4.78 is 13.4. The molecule has 17 heavy (non-hydrogen) atoms. The number of hydrogen-bond acceptors (Lipinski definition) is 3. The third-order valence-electron chi connectivity index (χ3n) is 2.26. The van der Waals surface area contributed by atoms with Gasteiger partial charge in [0, 0.05) is 12.7 Å². The van der Waals surface area contributed by atoms with E-state index in [2.05, 4.69) is 25.9 Å². The van der Waals surface area contributed by atoms with Crippen molar-refractivity contribution in [2.75, 3.05) is 11.9 Å². The third kappa shape index (κ3) is 2.56. The van der Waals surface area contributed by atoms with E-state index in [0.717, 1.165) is 5.69 Å². The molecule has 0 radical (unpaired) electrons. The van der Waals surface area contributed by atoms with Crippen molar-refractivity contribution in [2.24, 2.45) is 0 Å². The monoisotopic (exact) mass is 315 g/mol. The smallest absolute Gasteiger partial charge is 0.152 e. The molecule has 0 atom stereocenters. The topological polar surface area (TPSA) is 29.0 Å². The van der Waals surface area contributed by atoms with Crippen LogP contribution < -0.4 is 4.90 Å². The van der Waals surface area contributed by atoms with Gasteiger partial charge in [-0.3, -0.25) is 0 Å². The standard InChI is InChI=1S/C11H8BrClFN3/c1-17(8-4-2-7(14)3-5-8)11-9(12)10(13)15-6-16-11/h2-6H,1H3. The lowest BCUT2D eigenvalue weighted by atomic mass is 10.3. The highest BCUT2D eigenvalue weighted by atomic mass is 79.9. The van der Waals surface area contributed by atoms with Gasteiger partial charge in [0.15, 0.2) is 5.82 Å². The summed E-state index contributed by atoms with van der Waals surface area (Å²) >= 11 is 9.21. The molecule has 0 bridgehead atoms. The Morgan fingerprint density at radius 2 is 1.88 bits per heavy atom. The van der Waals surface area contributed by atoms with Crippen molar-refractivity contribution < 1.29 is 4.39 Å². The van der Waals surface area contributed by atoms with Gasteiger partial charge in [-0.05, 0) is 40.2 Å². The van der Waals surface area contributed by atoms with Gasteiger partial charge in [0.1, 0.15) is 17.3 Å². The first-order valence-corrected chi connectivity index (χ1v) is 5.92.